The predicted molar refractivity (Wildman–Crippen MR) is 50.3 cm³/mol. The number of nitrogens with zero attached hydrogens (tertiary/aromatic N) is 2. The van der Waals surface area contributed by atoms with Gasteiger partial charge in [-0.25, -0.2) is 0 Å². The average Bonchev–Trinajstić information content (AvgIpc) is 2.46. The summed E-state index contributed by atoms with van der Waals surface area (Å²) in [5.41, 5.74) is 0. The van der Waals surface area contributed by atoms with E-state index < -0.39 is 0 Å². The minimum Gasteiger partial charge on any atom is -0.314 e. The average molecular weight is 169 g/mol. The highest BCUT2D eigenvalue weighted by atomic mass is 15.3. The lowest BCUT2D eigenvalue weighted by molar-refractivity contribution is 0.206. The fourth-order valence-electron chi connectivity index (χ4n) is 2.31. The summed E-state index contributed by atoms with van der Waals surface area (Å²) in [5, 5.41) is 3.46. The number of piperazine rings is 1. The second-order valence-corrected chi connectivity index (χ2v) is 4.21. The second kappa shape index (κ2) is 3.32. The van der Waals surface area contributed by atoms with Crippen molar-refractivity contribution in [1.82, 2.24) is 15.1 Å². The van der Waals surface area contributed by atoms with Crippen molar-refractivity contribution in [1.29, 1.82) is 0 Å². The molecule has 0 bridgehead atoms. The molecule has 0 saturated carbocycles. The Bertz CT molecular complexity index is 144. The Balaban J connectivity index is 1.94. The molecule has 2 unspecified atom stereocenters. The summed E-state index contributed by atoms with van der Waals surface area (Å²) in [6.07, 6.45) is 1.35. The van der Waals surface area contributed by atoms with Crippen LogP contribution in [0.5, 0.6) is 0 Å². The molecular weight excluding hydrogens is 150 g/mol. The van der Waals surface area contributed by atoms with Crippen LogP contribution in [0.4, 0.5) is 0 Å². The standard InChI is InChI=1S/C9H19N3/c1-11(2)9-5-8-6-10-3-4-12(8)7-9/h8-10H,3-7H2,1-2H3. The SMILES string of the molecule is CN(C)C1CC2CNCCN2C1. The summed E-state index contributed by atoms with van der Waals surface area (Å²) < 4.78 is 0. The van der Waals surface area contributed by atoms with Gasteiger partial charge in [-0.3, -0.25) is 4.90 Å². The van der Waals surface area contributed by atoms with Crippen LogP contribution in [-0.2, 0) is 0 Å². The topological polar surface area (TPSA) is 18.5 Å². The molecule has 0 amide bonds. The van der Waals surface area contributed by atoms with Crippen LogP contribution in [0.25, 0.3) is 0 Å². The fourth-order valence-corrected chi connectivity index (χ4v) is 2.31. The van der Waals surface area contributed by atoms with E-state index in [1.165, 1.54) is 32.6 Å². The summed E-state index contributed by atoms with van der Waals surface area (Å²) in [6.45, 7) is 4.90. The third kappa shape index (κ3) is 1.49. The molecular formula is C9H19N3. The van der Waals surface area contributed by atoms with Crippen molar-refractivity contribution in [2.24, 2.45) is 0 Å². The first-order chi connectivity index (χ1) is 5.77. The minimum absolute atomic E-state index is 0.787. The smallest absolute Gasteiger partial charge is 0.0237 e. The molecule has 3 nitrogen and oxygen atoms in total. The molecule has 0 radical (unpaired) electrons. The van der Waals surface area contributed by atoms with Crippen molar-refractivity contribution in [2.75, 3.05) is 40.3 Å². The van der Waals surface area contributed by atoms with Crippen LogP contribution in [-0.4, -0.2) is 62.2 Å². The maximum absolute atomic E-state index is 3.46. The van der Waals surface area contributed by atoms with Crippen molar-refractivity contribution >= 4 is 0 Å². The maximum Gasteiger partial charge on any atom is 0.0237 e. The molecule has 12 heavy (non-hydrogen) atoms. The molecule has 0 aromatic heterocycles. The summed E-state index contributed by atoms with van der Waals surface area (Å²) >= 11 is 0. The van der Waals surface area contributed by atoms with Gasteiger partial charge in [-0.05, 0) is 20.5 Å². The molecule has 2 heterocycles. The largest absolute Gasteiger partial charge is 0.314 e. The van der Waals surface area contributed by atoms with Crippen LogP contribution in [0.15, 0.2) is 0 Å². The van der Waals surface area contributed by atoms with Gasteiger partial charge in [-0.1, -0.05) is 0 Å². The van der Waals surface area contributed by atoms with Crippen molar-refractivity contribution in [3.05, 3.63) is 0 Å². The molecule has 2 atom stereocenters. The van der Waals surface area contributed by atoms with Crippen molar-refractivity contribution in [3.8, 4) is 0 Å². The molecule has 3 heteroatoms. The molecule has 0 aromatic rings. The van der Waals surface area contributed by atoms with Crippen molar-refractivity contribution in [2.45, 2.75) is 18.5 Å². The van der Waals surface area contributed by atoms with E-state index in [4.69, 9.17) is 0 Å². The highest BCUT2D eigenvalue weighted by Crippen LogP contribution is 2.21. The molecule has 1 N–H and O–H groups in total. The van der Waals surface area contributed by atoms with E-state index in [1.54, 1.807) is 0 Å². The lowest BCUT2D eigenvalue weighted by Crippen LogP contribution is -2.47. The first-order valence-corrected chi connectivity index (χ1v) is 4.88. The molecule has 2 rings (SSSR count). The monoisotopic (exact) mass is 169 g/mol. The zero-order valence-corrected chi connectivity index (χ0v) is 8.08. The zero-order valence-electron chi connectivity index (χ0n) is 8.08. The zero-order chi connectivity index (χ0) is 8.55. The maximum atomic E-state index is 3.46. The first kappa shape index (κ1) is 8.48. The van der Waals surface area contributed by atoms with Gasteiger partial charge in [0, 0.05) is 38.3 Å². The van der Waals surface area contributed by atoms with Gasteiger partial charge in [0.2, 0.25) is 0 Å². The summed E-state index contributed by atoms with van der Waals surface area (Å²) in [4.78, 5) is 4.99. The van der Waals surface area contributed by atoms with Crippen molar-refractivity contribution < 1.29 is 0 Å². The molecule has 0 spiro atoms. The van der Waals surface area contributed by atoms with Crippen LogP contribution in [0, 0.1) is 0 Å². The van der Waals surface area contributed by atoms with Crippen LogP contribution >= 0.6 is 0 Å². The summed E-state index contributed by atoms with van der Waals surface area (Å²) in [7, 11) is 4.38. The predicted octanol–water partition coefficient (Wildman–Crippen LogP) is -0.406. The van der Waals surface area contributed by atoms with E-state index in [-0.39, 0.29) is 0 Å². The van der Waals surface area contributed by atoms with Gasteiger partial charge in [-0.2, -0.15) is 0 Å². The Labute approximate surface area is 74.7 Å². The molecule has 2 saturated heterocycles. The van der Waals surface area contributed by atoms with E-state index in [2.05, 4.69) is 29.2 Å². The Morgan fingerprint density at radius 3 is 2.92 bits per heavy atom. The normalized spacial score (nSPS) is 37.2. The number of hydrogen-bond donors (Lipinski definition) is 1. The Morgan fingerprint density at radius 2 is 2.25 bits per heavy atom. The highest BCUT2D eigenvalue weighted by molar-refractivity contribution is 4.92. The van der Waals surface area contributed by atoms with Gasteiger partial charge in [0.15, 0.2) is 0 Å². The van der Waals surface area contributed by atoms with E-state index in [1.807, 2.05) is 0 Å². The molecule has 2 aliphatic rings. The lowest BCUT2D eigenvalue weighted by Gasteiger charge is -2.29. The number of fused-ring (bicyclic) bond motifs is 1. The molecule has 70 valence electrons. The fraction of sp³-hybridized carbons (Fsp3) is 1.00. The third-order valence-corrected chi connectivity index (χ3v) is 3.19. The quantitative estimate of drug-likeness (QED) is 0.576. The molecule has 0 aliphatic carbocycles. The first-order valence-electron chi connectivity index (χ1n) is 4.88. The lowest BCUT2D eigenvalue weighted by atomic mass is 10.1. The Hall–Kier alpha value is -0.120. The number of hydrogen-bond acceptors (Lipinski definition) is 3. The van der Waals surface area contributed by atoms with Crippen LogP contribution < -0.4 is 5.32 Å². The van der Waals surface area contributed by atoms with E-state index in [0.717, 1.165) is 12.1 Å². The van der Waals surface area contributed by atoms with Gasteiger partial charge in [0.1, 0.15) is 0 Å². The van der Waals surface area contributed by atoms with Gasteiger partial charge in [0.05, 0.1) is 0 Å². The third-order valence-electron chi connectivity index (χ3n) is 3.19. The molecule has 2 fully saturated rings. The molecule has 2 aliphatic heterocycles. The van der Waals surface area contributed by atoms with Crippen LogP contribution in [0.3, 0.4) is 0 Å². The second-order valence-electron chi connectivity index (χ2n) is 4.21. The number of nitrogens with one attached hydrogen (secondary N) is 1. The number of likely N-dealkylation sites (N-methyl/N-ethyl adjacent to an activating group) is 1. The number of rotatable bonds is 1. The minimum atomic E-state index is 0.787. The summed E-state index contributed by atoms with van der Waals surface area (Å²) in [6, 6.07) is 1.60. The van der Waals surface area contributed by atoms with E-state index in [9.17, 15) is 0 Å². The van der Waals surface area contributed by atoms with Crippen molar-refractivity contribution in [3.63, 3.8) is 0 Å². The van der Waals surface area contributed by atoms with Crippen LogP contribution in [0.2, 0.25) is 0 Å². The van der Waals surface area contributed by atoms with Gasteiger partial charge in [-0.15, -0.1) is 0 Å². The molecule has 0 aromatic carbocycles. The summed E-state index contributed by atoms with van der Waals surface area (Å²) in [5.74, 6) is 0. The Kier molecular flexibility index (Phi) is 2.35. The highest BCUT2D eigenvalue weighted by Gasteiger charge is 2.33. The van der Waals surface area contributed by atoms with E-state index >= 15 is 0 Å². The van der Waals surface area contributed by atoms with Gasteiger partial charge >= 0.3 is 0 Å². The Morgan fingerprint density at radius 1 is 1.42 bits per heavy atom. The van der Waals surface area contributed by atoms with Gasteiger partial charge in [0.25, 0.3) is 0 Å². The van der Waals surface area contributed by atoms with Gasteiger partial charge < -0.3 is 10.2 Å². The van der Waals surface area contributed by atoms with Crippen LogP contribution in [0.1, 0.15) is 6.42 Å². The van der Waals surface area contributed by atoms with E-state index in [0.29, 0.717) is 0 Å².